The van der Waals surface area contributed by atoms with Crippen molar-refractivity contribution in [2.24, 2.45) is 5.92 Å². The number of anilines is 1. The zero-order valence-electron chi connectivity index (χ0n) is 14.9. The van der Waals surface area contributed by atoms with Crippen molar-refractivity contribution in [3.63, 3.8) is 0 Å². The summed E-state index contributed by atoms with van der Waals surface area (Å²) in [6, 6.07) is 10.7. The van der Waals surface area contributed by atoms with E-state index in [1.54, 1.807) is 18.4 Å². The fourth-order valence-electron chi connectivity index (χ4n) is 2.24. The Labute approximate surface area is 153 Å². The van der Waals surface area contributed by atoms with Crippen LogP contribution in [0, 0.1) is 12.8 Å². The molecule has 2 rings (SSSR count). The summed E-state index contributed by atoms with van der Waals surface area (Å²) < 4.78 is 32.0. The van der Waals surface area contributed by atoms with Crippen molar-refractivity contribution in [2.75, 3.05) is 17.1 Å². The largest absolute Gasteiger partial charge is 0.469 e. The lowest BCUT2D eigenvalue weighted by Crippen LogP contribution is -2.35. The minimum absolute atomic E-state index is 0.313. The molecule has 26 heavy (non-hydrogen) atoms. The van der Waals surface area contributed by atoms with Gasteiger partial charge in [-0.05, 0) is 37.6 Å². The molecule has 0 radical (unpaired) electrons. The van der Waals surface area contributed by atoms with Crippen LogP contribution in [0.15, 0.2) is 47.1 Å². The van der Waals surface area contributed by atoms with Gasteiger partial charge in [0.2, 0.25) is 15.9 Å². The highest BCUT2D eigenvalue weighted by molar-refractivity contribution is 7.92. The second-order valence-corrected chi connectivity index (χ2v) is 7.92. The van der Waals surface area contributed by atoms with Gasteiger partial charge in [0.1, 0.15) is 5.76 Å². The zero-order valence-corrected chi connectivity index (χ0v) is 15.7. The molecule has 7 nitrogen and oxygen atoms in total. The summed E-state index contributed by atoms with van der Waals surface area (Å²) >= 11 is 0. The maximum Gasteiger partial charge on any atom is 0.247 e. The highest BCUT2D eigenvalue weighted by Gasteiger charge is 2.21. The maximum atomic E-state index is 12.2. The molecular formula is C18H24N2O5S. The molecule has 142 valence electrons. The van der Waals surface area contributed by atoms with Crippen molar-refractivity contribution in [3.8, 4) is 0 Å². The van der Waals surface area contributed by atoms with E-state index in [0.717, 1.165) is 11.3 Å². The van der Waals surface area contributed by atoms with E-state index in [1.807, 2.05) is 31.2 Å². The van der Waals surface area contributed by atoms with Gasteiger partial charge < -0.3 is 4.42 Å². The second-order valence-electron chi connectivity index (χ2n) is 6.15. The lowest BCUT2D eigenvalue weighted by molar-refractivity contribution is -0.136. The van der Waals surface area contributed by atoms with Gasteiger partial charge in [0, 0.05) is 12.1 Å². The van der Waals surface area contributed by atoms with E-state index in [9.17, 15) is 13.2 Å². The normalized spacial score (nSPS) is 12.5. The molecule has 1 aromatic carbocycles. The number of amides is 1. The summed E-state index contributed by atoms with van der Waals surface area (Å²) in [4.78, 5) is 17.1. The van der Waals surface area contributed by atoms with Gasteiger partial charge in [-0.3, -0.25) is 14.4 Å². The third-order valence-electron chi connectivity index (χ3n) is 3.66. The van der Waals surface area contributed by atoms with Crippen LogP contribution in [0.1, 0.15) is 24.7 Å². The fourth-order valence-corrected chi connectivity index (χ4v) is 3.63. The summed E-state index contributed by atoms with van der Waals surface area (Å²) in [5.41, 5.74) is 3.80. The number of rotatable bonds is 10. The smallest absolute Gasteiger partial charge is 0.247 e. The van der Waals surface area contributed by atoms with Crippen molar-refractivity contribution in [3.05, 3.63) is 54.0 Å². The van der Waals surface area contributed by atoms with Gasteiger partial charge in [0.25, 0.3) is 0 Å². The molecule has 1 atom stereocenters. The molecule has 8 heteroatoms. The Kier molecular flexibility index (Phi) is 7.23. The monoisotopic (exact) mass is 380 g/mol. The zero-order chi connectivity index (χ0) is 19.0. The number of sulfonamides is 1. The number of hydrogen-bond donors (Lipinski definition) is 2. The Bertz CT molecular complexity index is 785. The molecule has 0 aliphatic heterocycles. The summed E-state index contributed by atoms with van der Waals surface area (Å²) in [6.45, 7) is 3.77. The standard InChI is InChI=1S/C18H24N2O5S/c1-14-7-9-16(10-8-14)20-26(22,23)13-15(2)18(21)19-25-12-4-6-17-5-3-11-24-17/h3,5,7-11,15,20H,4,6,12-13H2,1-2H3,(H,19,21). The number of hydrogen-bond acceptors (Lipinski definition) is 5. The number of carbonyl (C=O) groups is 1. The minimum Gasteiger partial charge on any atom is -0.469 e. The number of benzene rings is 1. The fraction of sp³-hybridized carbons (Fsp3) is 0.389. The first-order chi connectivity index (χ1) is 12.4. The third kappa shape index (κ3) is 6.89. The Morgan fingerprint density at radius 1 is 1.23 bits per heavy atom. The number of carbonyl (C=O) groups excluding carboxylic acids is 1. The maximum absolute atomic E-state index is 12.2. The van der Waals surface area contributed by atoms with Gasteiger partial charge in [-0.1, -0.05) is 24.6 Å². The van der Waals surface area contributed by atoms with Crippen molar-refractivity contribution in [1.82, 2.24) is 5.48 Å². The summed E-state index contributed by atoms with van der Waals surface area (Å²) in [5, 5.41) is 0. The van der Waals surface area contributed by atoms with Gasteiger partial charge in [0.15, 0.2) is 0 Å². The molecular weight excluding hydrogens is 356 g/mol. The van der Waals surface area contributed by atoms with E-state index in [4.69, 9.17) is 9.25 Å². The van der Waals surface area contributed by atoms with Crippen molar-refractivity contribution >= 4 is 21.6 Å². The van der Waals surface area contributed by atoms with Gasteiger partial charge >= 0.3 is 0 Å². The average molecular weight is 380 g/mol. The van der Waals surface area contributed by atoms with Crippen LogP contribution in [0.25, 0.3) is 0 Å². The Morgan fingerprint density at radius 3 is 2.62 bits per heavy atom. The van der Waals surface area contributed by atoms with E-state index in [2.05, 4.69) is 10.2 Å². The van der Waals surface area contributed by atoms with Crippen molar-refractivity contribution < 1.29 is 22.5 Å². The molecule has 1 heterocycles. The van der Waals surface area contributed by atoms with Crippen molar-refractivity contribution in [1.29, 1.82) is 0 Å². The predicted octanol–water partition coefficient (Wildman–Crippen LogP) is 2.65. The summed E-state index contributed by atoms with van der Waals surface area (Å²) in [7, 11) is -3.64. The lowest BCUT2D eigenvalue weighted by Gasteiger charge is -2.14. The SMILES string of the molecule is Cc1ccc(NS(=O)(=O)CC(C)C(=O)NOCCCc2ccco2)cc1. The number of hydroxylamine groups is 1. The van der Waals surface area contributed by atoms with Gasteiger partial charge in [-0.15, -0.1) is 0 Å². The van der Waals surface area contributed by atoms with Crippen molar-refractivity contribution in [2.45, 2.75) is 26.7 Å². The molecule has 0 saturated heterocycles. The molecule has 0 spiro atoms. The first-order valence-electron chi connectivity index (χ1n) is 8.37. The highest BCUT2D eigenvalue weighted by atomic mass is 32.2. The molecule has 1 amide bonds. The Hall–Kier alpha value is -2.32. The average Bonchev–Trinajstić information content (AvgIpc) is 3.09. The van der Waals surface area contributed by atoms with Crippen LogP contribution in [-0.2, 0) is 26.1 Å². The molecule has 1 unspecified atom stereocenters. The number of furan rings is 1. The number of nitrogens with one attached hydrogen (secondary N) is 2. The van der Waals surface area contributed by atoms with E-state index in [1.165, 1.54) is 6.92 Å². The molecule has 0 fully saturated rings. The Morgan fingerprint density at radius 2 is 1.96 bits per heavy atom. The van der Waals surface area contributed by atoms with Crippen LogP contribution in [0.3, 0.4) is 0 Å². The van der Waals surface area contributed by atoms with Crippen LogP contribution in [0.4, 0.5) is 5.69 Å². The lowest BCUT2D eigenvalue weighted by atomic mass is 10.2. The van der Waals surface area contributed by atoms with Crippen LogP contribution < -0.4 is 10.2 Å². The van der Waals surface area contributed by atoms with E-state index in [0.29, 0.717) is 25.1 Å². The highest BCUT2D eigenvalue weighted by Crippen LogP contribution is 2.12. The molecule has 0 aliphatic rings. The molecule has 0 bridgehead atoms. The molecule has 2 N–H and O–H groups in total. The van der Waals surface area contributed by atoms with E-state index < -0.39 is 21.8 Å². The van der Waals surface area contributed by atoms with E-state index in [-0.39, 0.29) is 5.75 Å². The number of aryl methyl sites for hydroxylation is 2. The topological polar surface area (TPSA) is 97.6 Å². The van der Waals surface area contributed by atoms with Gasteiger partial charge in [-0.2, -0.15) is 0 Å². The summed E-state index contributed by atoms with van der Waals surface area (Å²) in [5.74, 6) is -0.704. The first kappa shape index (κ1) is 20.0. The Balaban J connectivity index is 1.70. The van der Waals surface area contributed by atoms with Crippen LogP contribution in [0.2, 0.25) is 0 Å². The van der Waals surface area contributed by atoms with Crippen LogP contribution in [-0.4, -0.2) is 26.7 Å². The van der Waals surface area contributed by atoms with Gasteiger partial charge in [-0.25, -0.2) is 13.9 Å². The molecule has 2 aromatic rings. The molecule has 0 saturated carbocycles. The van der Waals surface area contributed by atoms with Gasteiger partial charge in [0.05, 0.1) is 24.5 Å². The minimum atomic E-state index is -3.64. The van der Waals surface area contributed by atoms with E-state index >= 15 is 0 Å². The first-order valence-corrected chi connectivity index (χ1v) is 10.0. The second kappa shape index (κ2) is 9.40. The molecule has 0 aliphatic carbocycles. The van der Waals surface area contributed by atoms with Crippen LogP contribution >= 0.6 is 0 Å². The predicted molar refractivity (Wildman–Crippen MR) is 98.9 cm³/mol. The quantitative estimate of drug-likeness (QED) is 0.488. The molecule has 1 aromatic heterocycles. The summed E-state index contributed by atoms with van der Waals surface area (Å²) in [6.07, 6.45) is 2.98. The third-order valence-corrected chi connectivity index (χ3v) is 5.15. The van der Waals surface area contributed by atoms with Crippen LogP contribution in [0.5, 0.6) is 0 Å².